The van der Waals surface area contributed by atoms with E-state index in [0.29, 0.717) is 24.0 Å². The summed E-state index contributed by atoms with van der Waals surface area (Å²) >= 11 is 0. The van der Waals surface area contributed by atoms with Gasteiger partial charge in [0.05, 0.1) is 32.2 Å². The van der Waals surface area contributed by atoms with Crippen molar-refractivity contribution in [1.82, 2.24) is 15.3 Å². The van der Waals surface area contributed by atoms with Crippen LogP contribution in [0.3, 0.4) is 0 Å². The number of ether oxygens (including phenoxy) is 2. The number of nitrogens with zero attached hydrogens (tertiary/aromatic N) is 2. The minimum Gasteiger partial charge on any atom is -0.476 e. The zero-order chi connectivity index (χ0) is 17.3. The molecule has 2 fully saturated rings. The molecule has 1 saturated carbocycles. The van der Waals surface area contributed by atoms with Gasteiger partial charge >= 0.3 is 0 Å². The second-order valence-electron chi connectivity index (χ2n) is 6.50. The third-order valence-corrected chi connectivity index (χ3v) is 4.46. The number of carbonyl (C=O) groups excluding carboxylic acids is 1. The van der Waals surface area contributed by atoms with Gasteiger partial charge in [0.1, 0.15) is 17.1 Å². The number of nitrogens with one attached hydrogen (secondary N) is 1. The number of aromatic nitrogens is 2. The van der Waals surface area contributed by atoms with Gasteiger partial charge in [-0.1, -0.05) is 18.2 Å². The Balaban J connectivity index is 1.46. The molecule has 2 heterocycles. The fourth-order valence-electron chi connectivity index (χ4n) is 2.73. The monoisotopic (exact) mass is 343 g/mol. The lowest BCUT2D eigenvalue weighted by molar-refractivity contribution is -0.0749. The van der Waals surface area contributed by atoms with E-state index in [2.05, 4.69) is 15.3 Å². The van der Waals surface area contributed by atoms with Crippen LogP contribution in [0.4, 0.5) is 4.39 Å². The van der Waals surface area contributed by atoms with Gasteiger partial charge in [0.15, 0.2) is 0 Å². The molecule has 0 bridgehead atoms. The van der Waals surface area contributed by atoms with E-state index in [9.17, 15) is 9.18 Å². The van der Waals surface area contributed by atoms with Gasteiger partial charge in [-0.15, -0.1) is 0 Å². The zero-order valence-corrected chi connectivity index (χ0v) is 13.6. The van der Waals surface area contributed by atoms with E-state index in [4.69, 9.17) is 9.47 Å². The first-order chi connectivity index (χ1) is 12.2. The van der Waals surface area contributed by atoms with Gasteiger partial charge in [-0.25, -0.2) is 14.4 Å². The maximum Gasteiger partial charge on any atom is 0.272 e. The highest BCUT2D eigenvalue weighted by molar-refractivity contribution is 5.92. The summed E-state index contributed by atoms with van der Waals surface area (Å²) in [4.78, 5) is 20.7. The lowest BCUT2D eigenvalue weighted by Gasteiger charge is -2.42. The van der Waals surface area contributed by atoms with Gasteiger partial charge in [-0.2, -0.15) is 0 Å². The van der Waals surface area contributed by atoms with Gasteiger partial charge in [0.25, 0.3) is 5.91 Å². The van der Waals surface area contributed by atoms with Crippen molar-refractivity contribution < 1.29 is 18.7 Å². The Morgan fingerprint density at radius 2 is 2.08 bits per heavy atom. The molecule has 1 aliphatic carbocycles. The molecule has 1 aromatic heterocycles. The Labute approximate surface area is 144 Å². The molecule has 2 aliphatic rings. The Morgan fingerprint density at radius 3 is 2.68 bits per heavy atom. The fourth-order valence-corrected chi connectivity index (χ4v) is 2.73. The van der Waals surface area contributed by atoms with Crippen molar-refractivity contribution in [1.29, 1.82) is 0 Å². The molecule has 1 amide bonds. The number of hydrogen-bond acceptors (Lipinski definition) is 5. The highest BCUT2D eigenvalue weighted by Crippen LogP contribution is 2.32. The van der Waals surface area contributed by atoms with Crippen LogP contribution in [0.1, 0.15) is 28.9 Å². The van der Waals surface area contributed by atoms with Crippen molar-refractivity contribution in [2.75, 3.05) is 19.8 Å². The van der Waals surface area contributed by atoms with E-state index >= 15 is 0 Å². The molecule has 1 aliphatic heterocycles. The minimum absolute atomic E-state index is 0.154. The minimum atomic E-state index is -0.870. The molecule has 7 heteroatoms. The zero-order valence-electron chi connectivity index (χ0n) is 13.6. The van der Waals surface area contributed by atoms with Crippen molar-refractivity contribution >= 4 is 5.91 Å². The average molecular weight is 343 g/mol. The summed E-state index contributed by atoms with van der Waals surface area (Å²) in [5, 5.41) is 2.84. The molecule has 0 spiro atoms. The van der Waals surface area contributed by atoms with Gasteiger partial charge < -0.3 is 14.8 Å². The molecule has 0 atom stereocenters. The molecular formula is C18H18FN3O3. The highest BCUT2D eigenvalue weighted by atomic mass is 19.1. The standard InChI is InChI=1S/C18H18FN3O3/c19-14-4-2-1-3-13(14)18(10-24-11-18)22-17(23)15-7-21-16(8-20-15)25-9-12-5-6-12/h1-4,7-8,12H,5-6,9-11H2,(H,22,23). The fraction of sp³-hybridized carbons (Fsp3) is 0.389. The summed E-state index contributed by atoms with van der Waals surface area (Å²) in [6.07, 6.45) is 5.18. The second kappa shape index (κ2) is 6.40. The maximum atomic E-state index is 14.1. The first kappa shape index (κ1) is 16.0. The molecule has 1 aromatic carbocycles. The molecule has 2 aromatic rings. The molecule has 0 unspecified atom stereocenters. The van der Waals surface area contributed by atoms with E-state index in [-0.39, 0.29) is 24.7 Å². The number of amides is 1. The summed E-state index contributed by atoms with van der Waals surface area (Å²) < 4.78 is 24.8. The van der Waals surface area contributed by atoms with Crippen LogP contribution in [0.5, 0.6) is 5.88 Å². The SMILES string of the molecule is O=C(NC1(c2ccccc2F)COC1)c1cnc(OCC2CC2)cn1. The van der Waals surface area contributed by atoms with E-state index in [0.717, 1.165) is 0 Å². The van der Waals surface area contributed by atoms with Crippen LogP contribution in [0, 0.1) is 11.7 Å². The summed E-state index contributed by atoms with van der Waals surface area (Å²) in [5.41, 5.74) is -0.307. The van der Waals surface area contributed by atoms with Crippen molar-refractivity contribution in [3.63, 3.8) is 0 Å². The van der Waals surface area contributed by atoms with E-state index in [1.54, 1.807) is 18.2 Å². The number of benzene rings is 1. The number of rotatable bonds is 6. The highest BCUT2D eigenvalue weighted by Gasteiger charge is 2.43. The van der Waals surface area contributed by atoms with Crippen LogP contribution in [-0.2, 0) is 10.3 Å². The van der Waals surface area contributed by atoms with E-state index in [1.807, 2.05) is 0 Å². The first-order valence-electron chi connectivity index (χ1n) is 8.26. The van der Waals surface area contributed by atoms with Crippen molar-refractivity contribution in [3.8, 4) is 5.88 Å². The molecule has 6 nitrogen and oxygen atoms in total. The number of carbonyl (C=O) groups is 1. The molecule has 25 heavy (non-hydrogen) atoms. The predicted octanol–water partition coefficient (Wildman–Crippen LogP) is 2.06. The molecular weight excluding hydrogens is 325 g/mol. The summed E-state index contributed by atoms with van der Waals surface area (Å²) in [6, 6.07) is 6.36. The summed E-state index contributed by atoms with van der Waals surface area (Å²) in [6.45, 7) is 1.07. The first-order valence-corrected chi connectivity index (χ1v) is 8.26. The van der Waals surface area contributed by atoms with Gasteiger partial charge in [0, 0.05) is 5.56 Å². The molecule has 4 rings (SSSR count). The van der Waals surface area contributed by atoms with E-state index in [1.165, 1.54) is 31.3 Å². The van der Waals surface area contributed by atoms with Crippen LogP contribution in [-0.4, -0.2) is 35.7 Å². The Kier molecular flexibility index (Phi) is 4.09. The van der Waals surface area contributed by atoms with Crippen molar-refractivity contribution in [2.45, 2.75) is 18.4 Å². The smallest absolute Gasteiger partial charge is 0.272 e. The van der Waals surface area contributed by atoms with Crippen LogP contribution in [0.25, 0.3) is 0 Å². The maximum absolute atomic E-state index is 14.1. The molecule has 1 N–H and O–H groups in total. The van der Waals surface area contributed by atoms with Gasteiger partial charge in [-0.05, 0) is 24.8 Å². The van der Waals surface area contributed by atoms with Crippen LogP contribution < -0.4 is 10.1 Å². The topological polar surface area (TPSA) is 73.3 Å². The van der Waals surface area contributed by atoms with Crippen LogP contribution in [0.2, 0.25) is 0 Å². The lowest BCUT2D eigenvalue weighted by Crippen LogP contribution is -2.59. The molecule has 0 radical (unpaired) electrons. The van der Waals surface area contributed by atoms with Crippen molar-refractivity contribution in [3.05, 3.63) is 53.7 Å². The largest absolute Gasteiger partial charge is 0.476 e. The second-order valence-corrected chi connectivity index (χ2v) is 6.50. The summed E-state index contributed by atoms with van der Waals surface area (Å²) in [7, 11) is 0. The quantitative estimate of drug-likeness (QED) is 0.869. The number of hydrogen-bond donors (Lipinski definition) is 1. The Bertz CT molecular complexity index is 773. The van der Waals surface area contributed by atoms with Gasteiger partial charge in [0.2, 0.25) is 5.88 Å². The summed E-state index contributed by atoms with van der Waals surface area (Å²) in [5.74, 6) is 0.220. The Hall–Kier alpha value is -2.54. The van der Waals surface area contributed by atoms with Crippen LogP contribution >= 0.6 is 0 Å². The molecule has 130 valence electrons. The predicted molar refractivity (Wildman–Crippen MR) is 86.6 cm³/mol. The molecule has 1 saturated heterocycles. The van der Waals surface area contributed by atoms with Gasteiger partial charge in [-0.3, -0.25) is 4.79 Å². The third-order valence-electron chi connectivity index (χ3n) is 4.46. The third kappa shape index (κ3) is 3.32. The average Bonchev–Trinajstić information content (AvgIpc) is 3.42. The van der Waals surface area contributed by atoms with Crippen LogP contribution in [0.15, 0.2) is 36.7 Å². The number of halogens is 1. The lowest BCUT2D eigenvalue weighted by atomic mass is 9.87. The normalized spacial score (nSPS) is 18.3. The van der Waals surface area contributed by atoms with Crippen molar-refractivity contribution in [2.24, 2.45) is 5.92 Å². The Morgan fingerprint density at radius 1 is 1.28 bits per heavy atom. The van der Waals surface area contributed by atoms with E-state index < -0.39 is 11.4 Å².